The van der Waals surface area contributed by atoms with Gasteiger partial charge in [-0.15, -0.1) is 0 Å². The average Bonchev–Trinajstić information content (AvgIpc) is 2.86. The number of hydrogen-bond donors (Lipinski definition) is 0. The minimum Gasteiger partial charge on any atom is -0.350 e. The predicted molar refractivity (Wildman–Crippen MR) is 137 cm³/mol. The molecule has 9 heteroatoms. The van der Waals surface area contributed by atoms with Gasteiger partial charge in [0.05, 0.1) is 5.02 Å². The lowest BCUT2D eigenvalue weighted by Crippen LogP contribution is -2.54. The molecule has 0 unspecified atom stereocenters. The second-order valence-electron chi connectivity index (χ2n) is 8.29. The van der Waals surface area contributed by atoms with Crippen LogP contribution in [0.25, 0.3) is 22.3 Å². The summed E-state index contributed by atoms with van der Waals surface area (Å²) in [6.07, 6.45) is 2.59. The molecule has 2 heterocycles. The third-order valence-electron chi connectivity index (χ3n) is 6.21. The highest BCUT2D eigenvalue weighted by atomic mass is 35.5. The molecule has 1 aromatic heterocycles. The first-order valence-electron chi connectivity index (χ1n) is 11.0. The first-order valence-corrected chi connectivity index (χ1v) is 11.4. The van der Waals surface area contributed by atoms with Crippen molar-refractivity contribution in [2.24, 2.45) is 4.99 Å². The van der Waals surface area contributed by atoms with E-state index in [4.69, 9.17) is 11.6 Å². The monoisotopic (exact) mass is 495 g/mol. The average molecular weight is 496 g/mol. The first-order chi connectivity index (χ1) is 16.8. The van der Waals surface area contributed by atoms with E-state index >= 15 is 4.39 Å². The van der Waals surface area contributed by atoms with Gasteiger partial charge in [-0.25, -0.2) is 18.7 Å². The van der Waals surface area contributed by atoms with E-state index in [0.717, 1.165) is 0 Å². The lowest BCUT2D eigenvalue weighted by atomic mass is 10.00. The second-order valence-corrected chi connectivity index (χ2v) is 8.67. The van der Waals surface area contributed by atoms with Gasteiger partial charge in [0, 0.05) is 42.2 Å². The second kappa shape index (κ2) is 9.92. The highest BCUT2D eigenvalue weighted by molar-refractivity contribution is 6.36. The van der Waals surface area contributed by atoms with E-state index in [1.54, 1.807) is 36.1 Å². The standard InChI is InChI=1S/C26H24ClF2N5O/c1-5-20(35)33-11-12-34(15(2)13-33)26-16(3)24(31-14-32-26)23(29)25(30-4)18-8-6-7-17-9-10-19(28)22(27)21(17)18/h5-10,14-15H,1,4,11-13H2,2-3H3/b25-23+/t15-/m1/s1. The van der Waals surface area contributed by atoms with Crippen LogP contribution in [0.5, 0.6) is 0 Å². The van der Waals surface area contributed by atoms with Gasteiger partial charge in [-0.2, -0.15) is 0 Å². The molecule has 0 aliphatic carbocycles. The summed E-state index contributed by atoms with van der Waals surface area (Å²) >= 11 is 6.25. The maximum atomic E-state index is 16.0. The number of carbonyl (C=O) groups excluding carboxylic acids is 1. The minimum atomic E-state index is -0.720. The molecule has 0 saturated carbocycles. The van der Waals surface area contributed by atoms with E-state index in [1.807, 2.05) is 11.8 Å². The lowest BCUT2D eigenvalue weighted by molar-refractivity contribution is -0.126. The zero-order valence-corrected chi connectivity index (χ0v) is 20.2. The van der Waals surface area contributed by atoms with Gasteiger partial charge in [-0.1, -0.05) is 42.4 Å². The van der Waals surface area contributed by atoms with Gasteiger partial charge in [-0.3, -0.25) is 9.79 Å². The van der Waals surface area contributed by atoms with E-state index in [-0.39, 0.29) is 28.4 Å². The molecule has 1 amide bonds. The molecular weight excluding hydrogens is 472 g/mol. The third kappa shape index (κ3) is 4.41. The van der Waals surface area contributed by atoms with Crippen molar-refractivity contribution in [2.45, 2.75) is 19.9 Å². The highest BCUT2D eigenvalue weighted by Crippen LogP contribution is 2.38. The number of amides is 1. The number of aliphatic imine (C=N–C) groups is 1. The van der Waals surface area contributed by atoms with Crippen LogP contribution in [0, 0.1) is 12.7 Å². The Bertz CT molecular complexity index is 1370. The zero-order valence-electron chi connectivity index (χ0n) is 19.4. The van der Waals surface area contributed by atoms with Crippen LogP contribution in [0.4, 0.5) is 14.6 Å². The molecule has 1 atom stereocenters. The molecule has 2 aromatic carbocycles. The Kier molecular flexibility index (Phi) is 6.93. The normalized spacial score (nSPS) is 16.8. The molecule has 35 heavy (non-hydrogen) atoms. The lowest BCUT2D eigenvalue weighted by Gasteiger charge is -2.40. The van der Waals surface area contributed by atoms with Crippen molar-refractivity contribution in [3.63, 3.8) is 0 Å². The quantitative estimate of drug-likeness (QED) is 0.349. The van der Waals surface area contributed by atoms with Crippen LogP contribution >= 0.6 is 11.6 Å². The Morgan fingerprint density at radius 2 is 2.03 bits per heavy atom. The molecule has 6 nitrogen and oxygen atoms in total. The number of rotatable bonds is 5. The summed E-state index contributed by atoms with van der Waals surface area (Å²) < 4.78 is 30.2. The molecule has 0 bridgehead atoms. The number of anilines is 1. The molecular formula is C26H24ClF2N5O. The molecule has 0 radical (unpaired) electrons. The van der Waals surface area contributed by atoms with Gasteiger partial charge < -0.3 is 9.80 Å². The Morgan fingerprint density at radius 1 is 1.26 bits per heavy atom. The smallest absolute Gasteiger partial charge is 0.246 e. The van der Waals surface area contributed by atoms with Crippen LogP contribution in [-0.2, 0) is 4.79 Å². The molecule has 0 N–H and O–H groups in total. The van der Waals surface area contributed by atoms with Gasteiger partial charge in [-0.05, 0) is 38.1 Å². The van der Waals surface area contributed by atoms with E-state index in [2.05, 4.69) is 28.3 Å². The fourth-order valence-electron chi connectivity index (χ4n) is 4.45. The van der Waals surface area contributed by atoms with Crippen molar-refractivity contribution in [3.05, 3.63) is 77.0 Å². The van der Waals surface area contributed by atoms with Crippen LogP contribution in [0.3, 0.4) is 0 Å². The Morgan fingerprint density at radius 3 is 2.71 bits per heavy atom. The van der Waals surface area contributed by atoms with Crippen molar-refractivity contribution in [3.8, 4) is 0 Å². The summed E-state index contributed by atoms with van der Waals surface area (Å²) in [5.74, 6) is -0.896. The van der Waals surface area contributed by atoms with Crippen molar-refractivity contribution in [1.29, 1.82) is 0 Å². The van der Waals surface area contributed by atoms with Gasteiger partial charge in [0.15, 0.2) is 5.83 Å². The van der Waals surface area contributed by atoms with E-state index < -0.39 is 11.6 Å². The summed E-state index contributed by atoms with van der Waals surface area (Å²) in [6, 6.07) is 7.87. The van der Waals surface area contributed by atoms with Crippen LogP contribution in [0.2, 0.25) is 5.02 Å². The summed E-state index contributed by atoms with van der Waals surface area (Å²) in [6.45, 7) is 12.3. The van der Waals surface area contributed by atoms with Crippen molar-refractivity contribution in [1.82, 2.24) is 14.9 Å². The molecule has 0 spiro atoms. The van der Waals surface area contributed by atoms with Gasteiger partial charge >= 0.3 is 0 Å². The molecule has 1 fully saturated rings. The fraction of sp³-hybridized carbons (Fsp3) is 0.231. The maximum Gasteiger partial charge on any atom is 0.246 e. The summed E-state index contributed by atoms with van der Waals surface area (Å²) in [5.41, 5.74) is 0.784. The van der Waals surface area contributed by atoms with Crippen LogP contribution in [0.15, 0.2) is 54.3 Å². The largest absolute Gasteiger partial charge is 0.350 e. The first kappa shape index (κ1) is 24.5. The number of hydrogen-bond acceptors (Lipinski definition) is 5. The van der Waals surface area contributed by atoms with Gasteiger partial charge in [0.2, 0.25) is 5.91 Å². The van der Waals surface area contributed by atoms with Crippen molar-refractivity contribution >= 4 is 52.3 Å². The van der Waals surface area contributed by atoms with Gasteiger partial charge in [0.25, 0.3) is 0 Å². The summed E-state index contributed by atoms with van der Waals surface area (Å²) in [7, 11) is 0. The SMILES string of the molecule is C=CC(=O)N1CCN(c2ncnc(/C(F)=C(\N=C)c3cccc4ccc(F)c(Cl)c34)c2C)[C@H](C)C1. The molecule has 1 saturated heterocycles. The number of carbonyl (C=O) groups is 1. The Balaban J connectivity index is 1.79. The maximum absolute atomic E-state index is 16.0. The van der Waals surface area contributed by atoms with Crippen molar-refractivity contribution in [2.75, 3.05) is 24.5 Å². The Labute approximate surface area is 207 Å². The van der Waals surface area contributed by atoms with Crippen LogP contribution in [-0.4, -0.2) is 53.2 Å². The van der Waals surface area contributed by atoms with Crippen LogP contribution < -0.4 is 4.90 Å². The topological polar surface area (TPSA) is 61.7 Å². The molecule has 180 valence electrons. The van der Waals surface area contributed by atoms with Gasteiger partial charge in [0.1, 0.15) is 29.4 Å². The third-order valence-corrected chi connectivity index (χ3v) is 6.58. The van der Waals surface area contributed by atoms with Crippen LogP contribution in [0.1, 0.15) is 23.7 Å². The van der Waals surface area contributed by atoms with E-state index in [0.29, 0.717) is 47.4 Å². The summed E-state index contributed by atoms with van der Waals surface area (Å²) in [4.78, 5) is 28.3. The fourth-order valence-corrected chi connectivity index (χ4v) is 4.72. The summed E-state index contributed by atoms with van der Waals surface area (Å²) in [5, 5.41) is 0.868. The number of fused-ring (bicyclic) bond motifs is 1. The number of halogens is 3. The molecule has 1 aliphatic rings. The zero-order chi connectivity index (χ0) is 25.3. The molecule has 4 rings (SSSR count). The predicted octanol–water partition coefficient (Wildman–Crippen LogP) is 5.45. The van der Waals surface area contributed by atoms with Crippen molar-refractivity contribution < 1.29 is 13.6 Å². The number of benzene rings is 2. The van der Waals surface area contributed by atoms with E-state index in [9.17, 15) is 9.18 Å². The number of piperazine rings is 1. The van der Waals surface area contributed by atoms with E-state index in [1.165, 1.54) is 18.5 Å². The highest BCUT2D eigenvalue weighted by Gasteiger charge is 2.29. The number of nitrogens with zero attached hydrogens (tertiary/aromatic N) is 5. The Hall–Kier alpha value is -3.65. The molecule has 3 aromatic rings. The molecule has 1 aliphatic heterocycles. The minimum absolute atomic E-state index is 0.0544. The number of aromatic nitrogens is 2.